The Bertz CT molecular complexity index is 420. The highest BCUT2D eigenvalue weighted by Gasteiger charge is 2.34. The number of nitrogens with zero attached hydrogens (tertiary/aromatic N) is 2. The van der Waals surface area contributed by atoms with Gasteiger partial charge in [0, 0.05) is 25.3 Å². The maximum absolute atomic E-state index is 4.43. The number of piperidine rings is 1. The Labute approximate surface area is 116 Å². The first kappa shape index (κ1) is 13.0. The summed E-state index contributed by atoms with van der Waals surface area (Å²) in [7, 11) is 1.99. The van der Waals surface area contributed by atoms with E-state index in [4.69, 9.17) is 0 Å². The maximum atomic E-state index is 4.43. The lowest BCUT2D eigenvalue weighted by molar-refractivity contribution is 0.286. The molecule has 0 radical (unpaired) electrons. The first-order valence-electron chi connectivity index (χ1n) is 7.74. The summed E-state index contributed by atoms with van der Waals surface area (Å²) in [4.78, 5) is 0. The molecule has 0 amide bonds. The van der Waals surface area contributed by atoms with E-state index in [9.17, 15) is 0 Å². The lowest BCUT2D eigenvalue weighted by Crippen LogP contribution is -2.44. The molecule has 19 heavy (non-hydrogen) atoms. The summed E-state index contributed by atoms with van der Waals surface area (Å²) < 4.78 is 1.90. The molecular weight excluding hydrogens is 236 g/mol. The first-order chi connectivity index (χ1) is 9.24. The number of aryl methyl sites for hydroxylation is 2. The number of hydrogen-bond donors (Lipinski definition) is 2. The lowest BCUT2D eigenvalue weighted by Gasteiger charge is -2.33. The second-order valence-corrected chi connectivity index (χ2v) is 6.20. The van der Waals surface area contributed by atoms with Crippen LogP contribution in [0.5, 0.6) is 0 Å². The molecule has 3 unspecified atom stereocenters. The van der Waals surface area contributed by atoms with Gasteiger partial charge in [0.1, 0.15) is 0 Å². The molecule has 2 heterocycles. The molecule has 3 atom stereocenters. The van der Waals surface area contributed by atoms with Crippen molar-refractivity contribution in [3.05, 3.63) is 11.9 Å². The number of hydrogen-bond acceptors (Lipinski definition) is 3. The maximum Gasteiger partial charge on any atom is 0.0825 e. The Kier molecular flexibility index (Phi) is 3.78. The van der Waals surface area contributed by atoms with Crippen LogP contribution in [0.2, 0.25) is 0 Å². The number of rotatable bonds is 3. The van der Waals surface area contributed by atoms with Gasteiger partial charge in [-0.05, 0) is 45.1 Å². The van der Waals surface area contributed by atoms with Crippen molar-refractivity contribution in [1.82, 2.24) is 15.1 Å². The number of aromatic nitrogens is 2. The Balaban J connectivity index is 1.67. The molecule has 2 aliphatic rings. The third-order valence-corrected chi connectivity index (χ3v) is 4.79. The predicted octanol–water partition coefficient (Wildman–Crippen LogP) is 2.45. The van der Waals surface area contributed by atoms with E-state index in [0.717, 1.165) is 17.7 Å². The van der Waals surface area contributed by atoms with E-state index in [1.54, 1.807) is 0 Å². The molecule has 0 bridgehead atoms. The monoisotopic (exact) mass is 262 g/mol. The first-order valence-corrected chi connectivity index (χ1v) is 7.74. The van der Waals surface area contributed by atoms with Gasteiger partial charge < -0.3 is 10.6 Å². The van der Waals surface area contributed by atoms with Crippen LogP contribution in [0.15, 0.2) is 6.20 Å². The van der Waals surface area contributed by atoms with E-state index >= 15 is 0 Å². The quantitative estimate of drug-likeness (QED) is 0.879. The van der Waals surface area contributed by atoms with Crippen LogP contribution in [0.1, 0.15) is 44.2 Å². The number of anilines is 1. The van der Waals surface area contributed by atoms with Gasteiger partial charge in [-0.15, -0.1) is 0 Å². The van der Waals surface area contributed by atoms with Gasteiger partial charge in [-0.2, -0.15) is 5.10 Å². The standard InChI is InChI=1S/C15H26N4/c1-11-15(10-19(2)18-11)17-14-8-5-6-12(14)13-7-3-4-9-16-13/h10,12-14,16-17H,3-9H2,1-2H3. The van der Waals surface area contributed by atoms with Gasteiger partial charge in [-0.25, -0.2) is 0 Å². The van der Waals surface area contributed by atoms with E-state index in [0.29, 0.717) is 6.04 Å². The summed E-state index contributed by atoms with van der Waals surface area (Å²) in [5.41, 5.74) is 2.33. The second-order valence-electron chi connectivity index (χ2n) is 6.20. The van der Waals surface area contributed by atoms with Gasteiger partial charge in [0.15, 0.2) is 0 Å². The molecule has 1 saturated carbocycles. The Hall–Kier alpha value is -1.03. The molecule has 2 N–H and O–H groups in total. The molecule has 2 fully saturated rings. The lowest BCUT2D eigenvalue weighted by atomic mass is 9.88. The fourth-order valence-corrected chi connectivity index (χ4v) is 3.83. The van der Waals surface area contributed by atoms with Crippen molar-refractivity contribution in [2.45, 2.75) is 57.5 Å². The molecule has 106 valence electrons. The van der Waals surface area contributed by atoms with Gasteiger partial charge in [0.05, 0.1) is 11.4 Å². The average molecular weight is 262 g/mol. The summed E-state index contributed by atoms with van der Waals surface area (Å²) in [6.07, 6.45) is 10.2. The Morgan fingerprint density at radius 3 is 2.84 bits per heavy atom. The van der Waals surface area contributed by atoms with Crippen molar-refractivity contribution < 1.29 is 0 Å². The molecular formula is C15H26N4. The molecule has 4 nitrogen and oxygen atoms in total. The second kappa shape index (κ2) is 5.53. The zero-order valence-electron chi connectivity index (χ0n) is 12.2. The average Bonchev–Trinajstić information content (AvgIpc) is 2.98. The topological polar surface area (TPSA) is 41.9 Å². The van der Waals surface area contributed by atoms with Crippen LogP contribution in [-0.2, 0) is 7.05 Å². The summed E-state index contributed by atoms with van der Waals surface area (Å²) in [6.45, 7) is 3.30. The van der Waals surface area contributed by atoms with Crippen LogP contribution in [0.3, 0.4) is 0 Å². The van der Waals surface area contributed by atoms with E-state index in [1.165, 1.54) is 50.8 Å². The van der Waals surface area contributed by atoms with Crippen molar-refractivity contribution in [3.8, 4) is 0 Å². The van der Waals surface area contributed by atoms with Crippen LogP contribution in [-0.4, -0.2) is 28.4 Å². The van der Waals surface area contributed by atoms with Crippen molar-refractivity contribution in [1.29, 1.82) is 0 Å². The number of nitrogens with one attached hydrogen (secondary N) is 2. The minimum absolute atomic E-state index is 0.624. The largest absolute Gasteiger partial charge is 0.379 e. The Morgan fingerprint density at radius 1 is 1.26 bits per heavy atom. The minimum atomic E-state index is 0.624. The smallest absolute Gasteiger partial charge is 0.0825 e. The summed E-state index contributed by atoms with van der Waals surface area (Å²) in [6, 6.07) is 1.35. The molecule has 1 aliphatic heterocycles. The van der Waals surface area contributed by atoms with Crippen molar-refractivity contribution >= 4 is 5.69 Å². The summed E-state index contributed by atoms with van der Waals surface area (Å²) >= 11 is 0. The highest BCUT2D eigenvalue weighted by molar-refractivity contribution is 5.46. The molecule has 1 aromatic rings. The zero-order valence-corrected chi connectivity index (χ0v) is 12.2. The minimum Gasteiger partial charge on any atom is -0.379 e. The van der Waals surface area contributed by atoms with E-state index < -0.39 is 0 Å². The van der Waals surface area contributed by atoms with Crippen LogP contribution < -0.4 is 10.6 Å². The highest BCUT2D eigenvalue weighted by Crippen LogP contribution is 2.34. The van der Waals surface area contributed by atoms with Gasteiger partial charge >= 0.3 is 0 Å². The van der Waals surface area contributed by atoms with Gasteiger partial charge in [-0.3, -0.25) is 4.68 Å². The fraction of sp³-hybridized carbons (Fsp3) is 0.800. The molecule has 4 heteroatoms. The molecule has 1 saturated heterocycles. The van der Waals surface area contributed by atoms with Crippen molar-refractivity contribution in [2.75, 3.05) is 11.9 Å². The third-order valence-electron chi connectivity index (χ3n) is 4.79. The van der Waals surface area contributed by atoms with Crippen LogP contribution in [0.4, 0.5) is 5.69 Å². The molecule has 0 spiro atoms. The van der Waals surface area contributed by atoms with E-state index in [2.05, 4.69) is 28.9 Å². The van der Waals surface area contributed by atoms with Crippen LogP contribution in [0.25, 0.3) is 0 Å². The Morgan fingerprint density at radius 2 is 2.16 bits per heavy atom. The fourth-order valence-electron chi connectivity index (χ4n) is 3.83. The van der Waals surface area contributed by atoms with Gasteiger partial charge in [-0.1, -0.05) is 12.8 Å². The van der Waals surface area contributed by atoms with Crippen molar-refractivity contribution in [2.24, 2.45) is 13.0 Å². The van der Waals surface area contributed by atoms with Gasteiger partial charge in [0.25, 0.3) is 0 Å². The molecule has 1 aliphatic carbocycles. The predicted molar refractivity (Wildman–Crippen MR) is 78.3 cm³/mol. The molecule has 3 rings (SSSR count). The zero-order chi connectivity index (χ0) is 13.2. The molecule has 1 aromatic heterocycles. The molecule has 0 aromatic carbocycles. The van der Waals surface area contributed by atoms with E-state index in [1.807, 2.05) is 11.7 Å². The highest BCUT2D eigenvalue weighted by atomic mass is 15.3. The normalized spacial score (nSPS) is 31.6. The van der Waals surface area contributed by atoms with Crippen LogP contribution >= 0.6 is 0 Å². The van der Waals surface area contributed by atoms with Gasteiger partial charge in [0.2, 0.25) is 0 Å². The van der Waals surface area contributed by atoms with Crippen molar-refractivity contribution in [3.63, 3.8) is 0 Å². The summed E-state index contributed by atoms with van der Waals surface area (Å²) in [5.74, 6) is 0.792. The van der Waals surface area contributed by atoms with E-state index in [-0.39, 0.29) is 0 Å². The third kappa shape index (κ3) is 2.78. The van der Waals surface area contributed by atoms with Crippen LogP contribution in [0, 0.1) is 12.8 Å². The summed E-state index contributed by atoms with van der Waals surface area (Å²) in [5, 5.41) is 11.9. The SMILES string of the molecule is Cc1nn(C)cc1NC1CCCC1C1CCCCN1.